The average molecular weight is 532 g/mol. The zero-order chi connectivity index (χ0) is 25.9. The molecule has 0 fully saturated rings. The molecule has 9 heteroatoms. The minimum Gasteiger partial charge on any atom is -0.497 e. The monoisotopic (exact) mass is 531 g/mol. The summed E-state index contributed by atoms with van der Waals surface area (Å²) in [6.45, 7) is 0. The first-order valence-electron chi connectivity index (χ1n) is 11.6. The SMILES string of the molecule is COc1ccc(-c2cc3c(cc2OC)[C@@H](SC2N(C)C=CN2Cl)C(C#N)=CN3Nc2ccccc2)cc1. The molecule has 188 valence electrons. The molecule has 3 aromatic carbocycles. The quantitative estimate of drug-likeness (QED) is 0.344. The molecule has 0 saturated carbocycles. The highest BCUT2D eigenvalue weighted by molar-refractivity contribution is 8.00. The fourth-order valence-electron chi connectivity index (χ4n) is 4.36. The van der Waals surface area contributed by atoms with E-state index in [1.807, 2.05) is 96.2 Å². The highest BCUT2D eigenvalue weighted by Gasteiger charge is 2.35. The third kappa shape index (κ3) is 4.88. The van der Waals surface area contributed by atoms with Crippen molar-refractivity contribution in [1.29, 1.82) is 5.26 Å². The number of para-hydroxylation sites is 1. The molecule has 0 aliphatic carbocycles. The summed E-state index contributed by atoms with van der Waals surface area (Å²) in [5.41, 5.74) is 8.57. The number of fused-ring (bicyclic) bond motifs is 1. The van der Waals surface area contributed by atoms with Crippen molar-refractivity contribution in [3.8, 4) is 28.7 Å². The average Bonchev–Trinajstić information content (AvgIpc) is 3.26. The Morgan fingerprint density at radius 3 is 2.38 bits per heavy atom. The van der Waals surface area contributed by atoms with Gasteiger partial charge in [0, 0.05) is 43.0 Å². The van der Waals surface area contributed by atoms with E-state index < -0.39 is 0 Å². The zero-order valence-corrected chi connectivity index (χ0v) is 22.2. The molecule has 1 N–H and O–H groups in total. The maximum absolute atomic E-state index is 10.2. The molecule has 0 amide bonds. The number of halogens is 1. The van der Waals surface area contributed by atoms with Crippen LogP contribution < -0.4 is 19.9 Å². The second kappa shape index (κ2) is 10.6. The van der Waals surface area contributed by atoms with E-state index in [-0.39, 0.29) is 10.7 Å². The summed E-state index contributed by atoms with van der Waals surface area (Å²) in [7, 11) is 5.28. The normalized spacial score (nSPS) is 18.2. The predicted octanol–water partition coefficient (Wildman–Crippen LogP) is 6.56. The van der Waals surface area contributed by atoms with Gasteiger partial charge in [-0.05, 0) is 47.5 Å². The number of nitriles is 1. The van der Waals surface area contributed by atoms with Crippen molar-refractivity contribution in [2.45, 2.75) is 10.7 Å². The van der Waals surface area contributed by atoms with Gasteiger partial charge in [-0.2, -0.15) is 5.26 Å². The molecule has 0 spiro atoms. The van der Waals surface area contributed by atoms with E-state index in [0.717, 1.165) is 33.8 Å². The first-order valence-corrected chi connectivity index (χ1v) is 12.9. The van der Waals surface area contributed by atoms with E-state index in [1.165, 1.54) is 0 Å². The highest BCUT2D eigenvalue weighted by Crippen LogP contribution is 2.51. The summed E-state index contributed by atoms with van der Waals surface area (Å²) in [6.07, 6.45) is 5.59. The molecule has 1 unspecified atom stereocenters. The molecule has 2 atom stereocenters. The van der Waals surface area contributed by atoms with Crippen LogP contribution in [0.1, 0.15) is 10.8 Å². The highest BCUT2D eigenvalue weighted by atomic mass is 35.5. The molecule has 2 aliphatic heterocycles. The fourth-order valence-corrected chi connectivity index (χ4v) is 5.97. The van der Waals surface area contributed by atoms with Crippen molar-refractivity contribution >= 4 is 34.9 Å². The van der Waals surface area contributed by atoms with Gasteiger partial charge >= 0.3 is 0 Å². The number of methoxy groups -OCH3 is 2. The largest absolute Gasteiger partial charge is 0.497 e. The number of nitrogens with one attached hydrogen (secondary N) is 1. The smallest absolute Gasteiger partial charge is 0.165 e. The van der Waals surface area contributed by atoms with Gasteiger partial charge in [0.05, 0.1) is 42.5 Å². The van der Waals surface area contributed by atoms with Crippen LogP contribution in [-0.2, 0) is 0 Å². The molecule has 0 saturated heterocycles. The number of rotatable bonds is 7. The van der Waals surface area contributed by atoms with Crippen molar-refractivity contribution in [3.63, 3.8) is 0 Å². The van der Waals surface area contributed by atoms with Crippen LogP contribution >= 0.6 is 23.5 Å². The standard InChI is InChI=1S/C28H26ClN5O2S/c1-32-13-14-33(29)28(32)37-27-20(17-30)18-34(31-21-7-5-4-6-8-21)25-15-23(26(36-3)16-24(25)27)19-9-11-22(35-2)12-10-19/h4-16,18,27-28,31H,1-3H3/t27-,28?/m0/s1. The lowest BCUT2D eigenvalue weighted by Crippen LogP contribution is -2.32. The molecule has 0 aromatic heterocycles. The van der Waals surface area contributed by atoms with E-state index in [9.17, 15) is 5.26 Å². The van der Waals surface area contributed by atoms with E-state index in [1.54, 1.807) is 30.4 Å². The Balaban J connectivity index is 1.63. The lowest BCUT2D eigenvalue weighted by Gasteiger charge is -2.36. The van der Waals surface area contributed by atoms with E-state index >= 15 is 0 Å². The lowest BCUT2D eigenvalue weighted by molar-refractivity contribution is 0.361. The Kier molecular flexibility index (Phi) is 7.08. The predicted molar refractivity (Wildman–Crippen MR) is 150 cm³/mol. The van der Waals surface area contributed by atoms with Crippen LogP contribution in [-0.4, -0.2) is 36.1 Å². The number of thioether (sulfide) groups is 1. The van der Waals surface area contributed by atoms with Crippen molar-refractivity contribution in [2.75, 3.05) is 31.7 Å². The molecular weight excluding hydrogens is 506 g/mol. The maximum atomic E-state index is 10.2. The number of hydrogen-bond acceptors (Lipinski definition) is 8. The van der Waals surface area contributed by atoms with Crippen LogP contribution in [0.15, 0.2) is 90.9 Å². The minimum atomic E-state index is -0.263. The molecule has 3 aromatic rings. The molecule has 0 bridgehead atoms. The molecule has 37 heavy (non-hydrogen) atoms. The van der Waals surface area contributed by atoms with Gasteiger partial charge in [-0.1, -0.05) is 30.3 Å². The van der Waals surface area contributed by atoms with Crippen LogP contribution in [0, 0.1) is 11.3 Å². The molecular formula is C28H26ClN5O2S. The third-order valence-electron chi connectivity index (χ3n) is 6.26. The van der Waals surface area contributed by atoms with E-state index in [2.05, 4.69) is 17.6 Å². The van der Waals surface area contributed by atoms with Crippen LogP contribution in [0.2, 0.25) is 0 Å². The molecule has 0 radical (unpaired) electrons. The Morgan fingerprint density at radius 2 is 1.76 bits per heavy atom. The van der Waals surface area contributed by atoms with E-state index in [0.29, 0.717) is 11.3 Å². The summed E-state index contributed by atoms with van der Waals surface area (Å²) in [5.74, 6) is 1.50. The topological polar surface area (TPSA) is 64.0 Å². The molecule has 5 rings (SSSR count). The van der Waals surface area contributed by atoms with Crippen molar-refractivity contribution in [3.05, 3.63) is 96.5 Å². The second-order valence-electron chi connectivity index (χ2n) is 8.53. The van der Waals surface area contributed by atoms with Gasteiger partial charge in [0.2, 0.25) is 0 Å². The van der Waals surface area contributed by atoms with Crippen LogP contribution in [0.4, 0.5) is 11.4 Å². The Labute approximate surface area is 226 Å². The van der Waals surface area contributed by atoms with Crippen molar-refractivity contribution in [2.24, 2.45) is 0 Å². The summed E-state index contributed by atoms with van der Waals surface area (Å²) in [4.78, 5) is 2.02. The molecule has 2 aliphatic rings. The van der Waals surface area contributed by atoms with Gasteiger partial charge in [0.15, 0.2) is 5.50 Å². The van der Waals surface area contributed by atoms with Gasteiger partial charge in [-0.15, -0.1) is 11.8 Å². The van der Waals surface area contributed by atoms with Gasteiger partial charge in [-0.25, -0.2) is 0 Å². The Morgan fingerprint density at radius 1 is 1.00 bits per heavy atom. The summed E-state index contributed by atoms with van der Waals surface area (Å²) in [5, 5.41) is 11.8. The third-order valence-corrected chi connectivity index (χ3v) is 8.25. The van der Waals surface area contributed by atoms with Crippen LogP contribution in [0.5, 0.6) is 11.5 Å². The van der Waals surface area contributed by atoms with Gasteiger partial charge < -0.3 is 14.4 Å². The van der Waals surface area contributed by atoms with Crippen molar-refractivity contribution < 1.29 is 9.47 Å². The van der Waals surface area contributed by atoms with Gasteiger partial charge in [0.25, 0.3) is 0 Å². The first kappa shape index (κ1) is 24.8. The summed E-state index contributed by atoms with van der Waals surface area (Å²) < 4.78 is 12.8. The van der Waals surface area contributed by atoms with Gasteiger partial charge in [0.1, 0.15) is 11.5 Å². The van der Waals surface area contributed by atoms with Gasteiger partial charge in [-0.3, -0.25) is 14.9 Å². The minimum absolute atomic E-state index is 0.169. The number of benzene rings is 3. The number of anilines is 2. The van der Waals surface area contributed by atoms with E-state index in [4.69, 9.17) is 21.3 Å². The van der Waals surface area contributed by atoms with Crippen LogP contribution in [0.25, 0.3) is 11.1 Å². The Bertz CT molecular complexity index is 1360. The fraction of sp³-hybridized carbons (Fsp3) is 0.179. The maximum Gasteiger partial charge on any atom is 0.165 e. The zero-order valence-electron chi connectivity index (χ0n) is 20.6. The number of ether oxygens (including phenoxy) is 2. The summed E-state index contributed by atoms with van der Waals surface area (Å²) in [6, 6.07) is 24.3. The van der Waals surface area contributed by atoms with Crippen LogP contribution in [0.3, 0.4) is 0 Å². The summed E-state index contributed by atoms with van der Waals surface area (Å²) >= 11 is 8.05. The lowest BCUT2D eigenvalue weighted by atomic mass is 9.95. The molecule has 2 heterocycles. The van der Waals surface area contributed by atoms with Crippen molar-refractivity contribution in [1.82, 2.24) is 9.32 Å². The number of hydrogen-bond donors (Lipinski definition) is 1. The second-order valence-corrected chi connectivity index (χ2v) is 10.1. The first-order chi connectivity index (χ1) is 18.0. The molecule has 7 nitrogen and oxygen atoms in total. The number of nitrogens with zero attached hydrogens (tertiary/aromatic N) is 4. The Hall–Kier alpha value is -3.93. The number of hydrazine groups is 1.